The number of nitrogens with one attached hydrogen (secondary N) is 2. The molecule has 5 nitrogen and oxygen atoms in total. The molecule has 4 rings (SSSR count). The molecule has 2 aromatic rings. The number of hydrogen-bond donors (Lipinski definition) is 2. The Morgan fingerprint density at radius 3 is 2.59 bits per heavy atom. The molecular formula is C24H34N4O. The van der Waals surface area contributed by atoms with Gasteiger partial charge in [0.25, 0.3) is 0 Å². The first-order valence-corrected chi connectivity index (χ1v) is 11.0. The molecule has 0 bridgehead atoms. The molecule has 2 heterocycles. The molecule has 0 aromatic heterocycles. The molecule has 1 atom stereocenters. The third kappa shape index (κ3) is 4.41. The van der Waals surface area contributed by atoms with Gasteiger partial charge in [-0.25, -0.2) is 0 Å². The van der Waals surface area contributed by atoms with Crippen molar-refractivity contribution in [3.63, 3.8) is 0 Å². The fourth-order valence-corrected chi connectivity index (χ4v) is 4.90. The lowest BCUT2D eigenvalue weighted by Gasteiger charge is -2.45. The van der Waals surface area contributed by atoms with Gasteiger partial charge in [-0.3, -0.25) is 9.89 Å². The van der Waals surface area contributed by atoms with E-state index in [-0.39, 0.29) is 11.6 Å². The van der Waals surface area contributed by atoms with Gasteiger partial charge >= 0.3 is 0 Å². The van der Waals surface area contributed by atoms with Gasteiger partial charge in [-0.1, -0.05) is 42.5 Å². The van der Waals surface area contributed by atoms with Crippen molar-refractivity contribution in [3.05, 3.63) is 48.0 Å². The number of benzene rings is 2. The first kappa shape index (κ1) is 20.2. The van der Waals surface area contributed by atoms with Crippen LogP contribution in [0.1, 0.15) is 44.2 Å². The Labute approximate surface area is 174 Å². The monoisotopic (exact) mass is 394 g/mol. The number of rotatable bonds is 5. The number of guanidine groups is 1. The second kappa shape index (κ2) is 9.14. The Bertz CT molecular complexity index is 832. The third-order valence-corrected chi connectivity index (χ3v) is 6.65. The van der Waals surface area contributed by atoms with E-state index < -0.39 is 0 Å². The van der Waals surface area contributed by atoms with Crippen LogP contribution in [-0.2, 0) is 4.74 Å². The van der Waals surface area contributed by atoms with Crippen LogP contribution in [-0.4, -0.2) is 56.3 Å². The van der Waals surface area contributed by atoms with Crippen LogP contribution in [0.4, 0.5) is 0 Å². The molecule has 5 heteroatoms. The van der Waals surface area contributed by atoms with E-state index in [1.54, 1.807) is 0 Å². The van der Waals surface area contributed by atoms with Crippen LogP contribution in [0.5, 0.6) is 0 Å². The summed E-state index contributed by atoms with van der Waals surface area (Å²) in [5.74, 6) is 0.871. The molecule has 2 N–H and O–H groups in total. The minimum Gasteiger partial charge on any atom is -0.381 e. The largest absolute Gasteiger partial charge is 0.381 e. The van der Waals surface area contributed by atoms with Crippen molar-refractivity contribution < 1.29 is 4.74 Å². The fourth-order valence-electron chi connectivity index (χ4n) is 4.90. The van der Waals surface area contributed by atoms with Crippen molar-refractivity contribution >= 4 is 16.7 Å². The van der Waals surface area contributed by atoms with Gasteiger partial charge in [0.1, 0.15) is 0 Å². The number of likely N-dealkylation sites (tertiary alicyclic amines) is 1. The molecule has 1 unspecified atom stereocenters. The molecule has 0 radical (unpaired) electrons. The standard InChI is InChI=1S/C24H34N4O/c1-19(21-11-7-9-20-8-3-4-10-22(20)21)27-23(25-2)26-18-24(12-16-29-17-13-24)28-14-5-6-15-28/h3-4,7-11,19H,5-6,12-18H2,1-2H3,(H2,25,26,27). The molecule has 0 aliphatic carbocycles. The highest BCUT2D eigenvalue weighted by Crippen LogP contribution is 2.31. The van der Waals surface area contributed by atoms with E-state index in [2.05, 4.69) is 69.9 Å². The first-order valence-electron chi connectivity index (χ1n) is 11.0. The molecule has 2 aliphatic rings. The van der Waals surface area contributed by atoms with Crippen LogP contribution >= 0.6 is 0 Å². The molecule has 0 amide bonds. The van der Waals surface area contributed by atoms with Crippen LogP contribution in [0.2, 0.25) is 0 Å². The van der Waals surface area contributed by atoms with Gasteiger partial charge in [-0.15, -0.1) is 0 Å². The van der Waals surface area contributed by atoms with Gasteiger partial charge in [0.2, 0.25) is 0 Å². The minimum absolute atomic E-state index is 0.171. The van der Waals surface area contributed by atoms with E-state index in [1.807, 2.05) is 7.05 Å². The topological polar surface area (TPSA) is 48.9 Å². The summed E-state index contributed by atoms with van der Waals surface area (Å²) in [6, 6.07) is 15.3. The summed E-state index contributed by atoms with van der Waals surface area (Å²) in [4.78, 5) is 7.20. The summed E-state index contributed by atoms with van der Waals surface area (Å²) in [5, 5.41) is 9.83. The van der Waals surface area contributed by atoms with Crippen molar-refractivity contribution in [2.45, 2.75) is 44.2 Å². The van der Waals surface area contributed by atoms with E-state index in [0.29, 0.717) is 0 Å². The molecule has 2 aliphatic heterocycles. The van der Waals surface area contributed by atoms with Crippen LogP contribution in [0.25, 0.3) is 10.8 Å². The van der Waals surface area contributed by atoms with Crippen molar-refractivity contribution in [2.75, 3.05) is 39.9 Å². The Kier molecular flexibility index (Phi) is 6.36. The van der Waals surface area contributed by atoms with Crippen LogP contribution < -0.4 is 10.6 Å². The number of nitrogens with zero attached hydrogens (tertiary/aromatic N) is 2. The summed E-state index contributed by atoms with van der Waals surface area (Å²) >= 11 is 0. The van der Waals surface area contributed by atoms with Gasteiger partial charge in [0, 0.05) is 32.3 Å². The molecule has 2 saturated heterocycles. The molecule has 2 fully saturated rings. The minimum atomic E-state index is 0.171. The molecule has 29 heavy (non-hydrogen) atoms. The van der Waals surface area contributed by atoms with Gasteiger partial charge in [0.05, 0.1) is 6.04 Å². The second-order valence-electron chi connectivity index (χ2n) is 8.39. The maximum absolute atomic E-state index is 5.68. The number of hydrogen-bond acceptors (Lipinski definition) is 3. The zero-order chi connectivity index (χ0) is 20.1. The van der Waals surface area contributed by atoms with Gasteiger partial charge in [-0.2, -0.15) is 0 Å². The summed E-state index contributed by atoms with van der Waals surface area (Å²) in [5.41, 5.74) is 1.49. The highest BCUT2D eigenvalue weighted by molar-refractivity contribution is 5.87. The zero-order valence-corrected chi connectivity index (χ0v) is 17.8. The Morgan fingerprint density at radius 1 is 1.10 bits per heavy atom. The molecule has 2 aromatic carbocycles. The predicted octanol–water partition coefficient (Wildman–Crippen LogP) is 3.71. The van der Waals surface area contributed by atoms with E-state index >= 15 is 0 Å². The average Bonchev–Trinajstić information content (AvgIpc) is 3.32. The van der Waals surface area contributed by atoms with E-state index in [0.717, 1.165) is 38.6 Å². The van der Waals surface area contributed by atoms with E-state index in [4.69, 9.17) is 4.74 Å². The maximum Gasteiger partial charge on any atom is 0.191 e. The van der Waals surface area contributed by atoms with Gasteiger partial charge in [-0.05, 0) is 62.0 Å². The van der Waals surface area contributed by atoms with Crippen molar-refractivity contribution in [3.8, 4) is 0 Å². The SMILES string of the molecule is CN=C(NCC1(N2CCCC2)CCOCC1)NC(C)c1cccc2ccccc12. The fraction of sp³-hybridized carbons (Fsp3) is 0.542. The smallest absolute Gasteiger partial charge is 0.191 e. The quantitative estimate of drug-likeness (QED) is 0.600. The Morgan fingerprint density at radius 2 is 1.83 bits per heavy atom. The zero-order valence-electron chi connectivity index (χ0n) is 17.8. The van der Waals surface area contributed by atoms with E-state index in [9.17, 15) is 0 Å². The molecular weight excluding hydrogens is 360 g/mol. The predicted molar refractivity (Wildman–Crippen MR) is 120 cm³/mol. The second-order valence-corrected chi connectivity index (χ2v) is 8.39. The molecule has 0 saturated carbocycles. The lowest BCUT2D eigenvalue weighted by Crippen LogP contribution is -2.58. The molecule has 0 spiro atoms. The van der Waals surface area contributed by atoms with Crippen LogP contribution in [0.3, 0.4) is 0 Å². The highest BCUT2D eigenvalue weighted by Gasteiger charge is 2.39. The Balaban J connectivity index is 1.45. The van der Waals surface area contributed by atoms with Crippen molar-refractivity contribution in [1.29, 1.82) is 0 Å². The van der Waals surface area contributed by atoms with Crippen molar-refractivity contribution in [1.82, 2.24) is 15.5 Å². The average molecular weight is 395 g/mol. The van der Waals surface area contributed by atoms with Gasteiger partial charge in [0.15, 0.2) is 5.96 Å². The maximum atomic E-state index is 5.68. The van der Waals surface area contributed by atoms with Crippen molar-refractivity contribution in [2.24, 2.45) is 4.99 Å². The third-order valence-electron chi connectivity index (χ3n) is 6.65. The summed E-state index contributed by atoms with van der Waals surface area (Å²) < 4.78 is 5.68. The Hall–Kier alpha value is -2.11. The summed E-state index contributed by atoms with van der Waals surface area (Å²) in [6.45, 7) is 7.26. The summed E-state index contributed by atoms with van der Waals surface area (Å²) in [7, 11) is 1.86. The number of ether oxygens (including phenoxy) is 1. The highest BCUT2D eigenvalue weighted by atomic mass is 16.5. The first-order chi connectivity index (χ1) is 14.2. The normalized spacial score (nSPS) is 21.2. The lowest BCUT2D eigenvalue weighted by molar-refractivity contribution is -0.0164. The summed E-state index contributed by atoms with van der Waals surface area (Å²) in [6.07, 6.45) is 4.81. The number of fused-ring (bicyclic) bond motifs is 1. The van der Waals surface area contributed by atoms with E-state index in [1.165, 1.54) is 42.3 Å². The molecule has 156 valence electrons. The van der Waals surface area contributed by atoms with Gasteiger partial charge < -0.3 is 15.4 Å². The lowest BCUT2D eigenvalue weighted by atomic mass is 9.88. The number of aliphatic imine (C=N–C) groups is 1. The van der Waals surface area contributed by atoms with Crippen LogP contribution in [0.15, 0.2) is 47.5 Å². The van der Waals surface area contributed by atoms with Crippen LogP contribution in [0, 0.1) is 0 Å².